The molecule has 0 aromatic rings. The van der Waals surface area contributed by atoms with Crippen LogP contribution in [-0.4, -0.2) is 23.9 Å². The number of allylic oxidation sites excluding steroid dienone is 2. The van der Waals surface area contributed by atoms with Crippen molar-refractivity contribution in [3.8, 4) is 0 Å². The minimum Gasteiger partial charge on any atom is -0.345 e. The molecule has 1 rings (SSSR count). The lowest BCUT2D eigenvalue weighted by atomic mass is 10.1. The molecule has 2 amide bonds. The van der Waals surface area contributed by atoms with Gasteiger partial charge in [-0.15, -0.1) is 0 Å². The van der Waals surface area contributed by atoms with E-state index in [0.29, 0.717) is 19.3 Å². The summed E-state index contributed by atoms with van der Waals surface area (Å²) in [6.07, 6.45) is 23.0. The summed E-state index contributed by atoms with van der Waals surface area (Å²) in [4.78, 5) is 23.9. The fourth-order valence-electron chi connectivity index (χ4n) is 4.19. The highest BCUT2D eigenvalue weighted by molar-refractivity contribution is 5.93. The molecule has 4 nitrogen and oxygen atoms in total. The van der Waals surface area contributed by atoms with Gasteiger partial charge >= 0.3 is 0 Å². The lowest BCUT2D eigenvalue weighted by Crippen LogP contribution is -2.35. The highest BCUT2D eigenvalue weighted by atomic mass is 19.1. The Morgan fingerprint density at radius 2 is 0.914 bits per heavy atom. The van der Waals surface area contributed by atoms with Crippen LogP contribution in [0.1, 0.15) is 136 Å². The molecule has 1 fully saturated rings. The standard InChI is InChI=1S/C29H50F2N2O2/c1-3-5-7-9-11-13-15-17-19-21-24(30)28(34)32-26-23-27(26)33-29(35)25(31)22-20-18-16-14-12-10-8-6-4-2/h21-22,26-27H,3-20,23H2,1-2H3,(H,32,34)(H,33,35)/b24-21-,25-22+/t26-,27+/m1/s1. The summed E-state index contributed by atoms with van der Waals surface area (Å²) < 4.78 is 28.0. The van der Waals surface area contributed by atoms with Crippen LogP contribution in [0.25, 0.3) is 0 Å². The third-order valence-corrected chi connectivity index (χ3v) is 6.62. The molecule has 1 aliphatic rings. The summed E-state index contributed by atoms with van der Waals surface area (Å²) in [5.41, 5.74) is 0. The molecule has 0 spiro atoms. The first-order chi connectivity index (χ1) is 17.0. The summed E-state index contributed by atoms with van der Waals surface area (Å²) in [5.74, 6) is -3.06. The summed E-state index contributed by atoms with van der Waals surface area (Å²) in [6.45, 7) is 4.40. The Morgan fingerprint density at radius 1 is 0.600 bits per heavy atom. The van der Waals surface area contributed by atoms with Gasteiger partial charge in [0.05, 0.1) is 12.1 Å². The SMILES string of the molecule is CCCCCCCCCC/C=C(\F)C(=O)N[C@@H]1C[C@@H]1NC(=O)/C(F)=C\CCCCCCCCCC. The van der Waals surface area contributed by atoms with Crippen LogP contribution in [0.2, 0.25) is 0 Å². The second-order valence-corrected chi connectivity index (χ2v) is 10.0. The topological polar surface area (TPSA) is 58.2 Å². The average molecular weight is 497 g/mol. The lowest BCUT2D eigenvalue weighted by Gasteiger charge is -2.05. The normalized spacial score (nSPS) is 17.9. The Morgan fingerprint density at radius 3 is 1.26 bits per heavy atom. The zero-order valence-electron chi connectivity index (χ0n) is 22.3. The van der Waals surface area contributed by atoms with E-state index < -0.39 is 23.5 Å². The molecule has 202 valence electrons. The van der Waals surface area contributed by atoms with Crippen molar-refractivity contribution in [1.82, 2.24) is 10.6 Å². The van der Waals surface area contributed by atoms with Crippen molar-refractivity contribution in [2.24, 2.45) is 0 Å². The zero-order valence-corrected chi connectivity index (χ0v) is 22.3. The van der Waals surface area contributed by atoms with E-state index in [9.17, 15) is 18.4 Å². The van der Waals surface area contributed by atoms with Gasteiger partial charge in [-0.2, -0.15) is 0 Å². The number of amides is 2. The van der Waals surface area contributed by atoms with Gasteiger partial charge in [-0.1, -0.05) is 104 Å². The molecule has 1 saturated carbocycles. The van der Waals surface area contributed by atoms with Gasteiger partial charge in [0.1, 0.15) is 0 Å². The van der Waals surface area contributed by atoms with Gasteiger partial charge in [-0.25, -0.2) is 8.78 Å². The van der Waals surface area contributed by atoms with E-state index >= 15 is 0 Å². The lowest BCUT2D eigenvalue weighted by molar-refractivity contribution is -0.120. The fourth-order valence-corrected chi connectivity index (χ4v) is 4.19. The third kappa shape index (κ3) is 16.6. The van der Waals surface area contributed by atoms with Gasteiger partial charge in [0.15, 0.2) is 11.7 Å². The number of carbonyl (C=O) groups excluding carboxylic acids is 2. The van der Waals surface area contributed by atoms with Crippen molar-refractivity contribution in [3.05, 3.63) is 23.8 Å². The maximum absolute atomic E-state index is 14.0. The van der Waals surface area contributed by atoms with Crippen LogP contribution in [0.3, 0.4) is 0 Å². The molecule has 0 saturated heterocycles. The largest absolute Gasteiger partial charge is 0.345 e. The molecule has 0 bridgehead atoms. The Hall–Kier alpha value is -1.72. The maximum Gasteiger partial charge on any atom is 0.279 e. The first-order valence-electron chi connectivity index (χ1n) is 14.3. The summed E-state index contributed by atoms with van der Waals surface area (Å²) >= 11 is 0. The molecule has 0 heterocycles. The van der Waals surface area contributed by atoms with Crippen LogP contribution in [-0.2, 0) is 9.59 Å². The van der Waals surface area contributed by atoms with E-state index in [0.717, 1.165) is 38.5 Å². The first-order valence-corrected chi connectivity index (χ1v) is 14.3. The van der Waals surface area contributed by atoms with Gasteiger partial charge in [-0.05, 0) is 44.3 Å². The van der Waals surface area contributed by atoms with Crippen LogP contribution < -0.4 is 10.6 Å². The molecule has 1 aliphatic carbocycles. The summed E-state index contributed by atoms with van der Waals surface area (Å²) in [7, 11) is 0. The smallest absolute Gasteiger partial charge is 0.279 e. The zero-order chi connectivity index (χ0) is 25.7. The fraction of sp³-hybridized carbons (Fsp3) is 0.793. The molecular weight excluding hydrogens is 446 g/mol. The van der Waals surface area contributed by atoms with E-state index in [-0.39, 0.29) is 12.1 Å². The molecule has 0 radical (unpaired) electrons. The minimum atomic E-state index is -0.777. The highest BCUT2D eigenvalue weighted by Gasteiger charge is 2.40. The van der Waals surface area contributed by atoms with Crippen molar-refractivity contribution in [3.63, 3.8) is 0 Å². The molecule has 2 N–H and O–H groups in total. The van der Waals surface area contributed by atoms with Crippen LogP contribution in [0.5, 0.6) is 0 Å². The van der Waals surface area contributed by atoms with Gasteiger partial charge in [0, 0.05) is 0 Å². The number of carbonyl (C=O) groups is 2. The Kier molecular flexibility index (Phi) is 18.3. The highest BCUT2D eigenvalue weighted by Crippen LogP contribution is 2.23. The predicted octanol–water partition coefficient (Wildman–Crippen LogP) is 8.13. The molecule has 0 aliphatic heterocycles. The number of unbranched alkanes of at least 4 members (excludes halogenated alkanes) is 16. The number of hydrogen-bond acceptors (Lipinski definition) is 2. The Bertz CT molecular complexity index is 595. The van der Waals surface area contributed by atoms with E-state index in [1.54, 1.807) is 0 Å². The van der Waals surface area contributed by atoms with Crippen LogP contribution >= 0.6 is 0 Å². The minimum absolute atomic E-state index is 0.339. The maximum atomic E-state index is 14.0. The van der Waals surface area contributed by atoms with E-state index in [1.165, 1.54) is 76.4 Å². The van der Waals surface area contributed by atoms with E-state index in [4.69, 9.17) is 0 Å². The monoisotopic (exact) mass is 496 g/mol. The second kappa shape index (κ2) is 20.5. The number of halogens is 2. The number of rotatable bonds is 22. The van der Waals surface area contributed by atoms with E-state index in [2.05, 4.69) is 24.5 Å². The third-order valence-electron chi connectivity index (χ3n) is 6.62. The molecule has 0 unspecified atom stereocenters. The molecule has 0 aromatic carbocycles. The Labute approximate surface area is 212 Å². The van der Waals surface area contributed by atoms with Gasteiger partial charge in [-0.3, -0.25) is 9.59 Å². The van der Waals surface area contributed by atoms with E-state index in [1.807, 2.05) is 0 Å². The molecule has 0 aromatic heterocycles. The van der Waals surface area contributed by atoms with Crippen molar-refractivity contribution < 1.29 is 18.4 Å². The molecule has 2 atom stereocenters. The molecular formula is C29H50F2N2O2. The first kappa shape index (κ1) is 31.3. The summed E-state index contributed by atoms with van der Waals surface area (Å²) in [5, 5.41) is 5.15. The van der Waals surface area contributed by atoms with Gasteiger partial charge in [0.25, 0.3) is 11.8 Å². The van der Waals surface area contributed by atoms with Crippen LogP contribution in [0.15, 0.2) is 23.8 Å². The second-order valence-electron chi connectivity index (χ2n) is 10.0. The van der Waals surface area contributed by atoms with Gasteiger partial charge in [0.2, 0.25) is 0 Å². The van der Waals surface area contributed by atoms with Gasteiger partial charge < -0.3 is 10.6 Å². The number of hydrogen-bond donors (Lipinski definition) is 2. The molecule has 35 heavy (non-hydrogen) atoms. The average Bonchev–Trinajstić information content (AvgIpc) is 3.58. The van der Waals surface area contributed by atoms with Crippen LogP contribution in [0, 0.1) is 0 Å². The number of nitrogens with one attached hydrogen (secondary N) is 2. The Balaban J connectivity index is 2.10. The quantitative estimate of drug-likeness (QED) is 0.117. The van der Waals surface area contributed by atoms with Crippen molar-refractivity contribution in [2.75, 3.05) is 0 Å². The summed E-state index contributed by atoms with van der Waals surface area (Å²) in [6, 6.07) is -0.677. The van der Waals surface area contributed by atoms with Crippen molar-refractivity contribution in [1.29, 1.82) is 0 Å². The van der Waals surface area contributed by atoms with Crippen LogP contribution in [0.4, 0.5) is 8.78 Å². The van der Waals surface area contributed by atoms with Crippen molar-refractivity contribution >= 4 is 11.8 Å². The predicted molar refractivity (Wildman–Crippen MR) is 141 cm³/mol. The van der Waals surface area contributed by atoms with Crippen molar-refractivity contribution in [2.45, 2.75) is 148 Å². The molecule has 6 heteroatoms.